The Hall–Kier alpha value is -3.96. The Morgan fingerprint density at radius 3 is 2.83 bits per heavy atom. The van der Waals surface area contributed by atoms with Gasteiger partial charge in [0.15, 0.2) is 0 Å². The van der Waals surface area contributed by atoms with E-state index in [0.29, 0.717) is 31.3 Å². The molecule has 4 aromatic rings. The van der Waals surface area contributed by atoms with Crippen LogP contribution in [0.15, 0.2) is 54.6 Å². The number of esters is 1. The molecule has 0 aliphatic carbocycles. The highest BCUT2D eigenvalue weighted by Crippen LogP contribution is 2.36. The standard InChI is InChI=1S/C30H32N4O6S/c1-3-38-29(35)17-26-22-8-6-7-21(15-22)18-33-19-23-16-24(9-12-28(23)40-41(33,36)37)39-14-5-4-13-34-27-11-10-25(26)20(2)30(27)31-32-34/h6-12,15-16,26H,3-5,13-14,17-19H2,1-2H3. The second-order valence-corrected chi connectivity index (χ2v) is 11.9. The van der Waals surface area contributed by atoms with Gasteiger partial charge in [-0.15, -0.1) is 5.10 Å². The lowest BCUT2D eigenvalue weighted by Crippen LogP contribution is -2.37. The van der Waals surface area contributed by atoms with Gasteiger partial charge in [0, 0.05) is 31.1 Å². The van der Waals surface area contributed by atoms with Crippen molar-refractivity contribution in [2.45, 2.75) is 58.7 Å². The van der Waals surface area contributed by atoms with Crippen molar-refractivity contribution in [3.05, 3.63) is 82.4 Å². The van der Waals surface area contributed by atoms with E-state index in [1.54, 1.807) is 19.1 Å². The minimum absolute atomic E-state index is 0.110. The quantitative estimate of drug-likeness (QED) is 0.324. The maximum absolute atomic E-state index is 13.0. The van der Waals surface area contributed by atoms with Crippen molar-refractivity contribution < 1.29 is 26.9 Å². The third-order valence-electron chi connectivity index (χ3n) is 7.67. The molecule has 0 saturated heterocycles. The van der Waals surface area contributed by atoms with Gasteiger partial charge in [-0.05, 0) is 73.2 Å². The third-order valence-corrected chi connectivity index (χ3v) is 8.95. The fourth-order valence-corrected chi connectivity index (χ4v) is 6.70. The Kier molecular flexibility index (Phi) is 7.39. The highest BCUT2D eigenvalue weighted by Gasteiger charge is 2.32. The first kappa shape index (κ1) is 27.2. The number of fused-ring (bicyclic) bond motifs is 5. The Labute approximate surface area is 239 Å². The maximum Gasteiger partial charge on any atom is 0.385 e. The summed E-state index contributed by atoms with van der Waals surface area (Å²) in [6, 6.07) is 16.9. The van der Waals surface area contributed by atoms with Crippen molar-refractivity contribution in [2.24, 2.45) is 0 Å². The molecular weight excluding hydrogens is 544 g/mol. The number of hydrogen-bond acceptors (Lipinski definition) is 8. The van der Waals surface area contributed by atoms with E-state index in [-0.39, 0.29) is 31.4 Å². The number of carbonyl (C=O) groups is 1. The van der Waals surface area contributed by atoms with Gasteiger partial charge in [-0.2, -0.15) is 12.7 Å². The number of rotatable bonds is 3. The van der Waals surface area contributed by atoms with Gasteiger partial charge in [0.1, 0.15) is 17.0 Å². The van der Waals surface area contributed by atoms with Crippen LogP contribution in [0.25, 0.3) is 11.0 Å². The summed E-state index contributed by atoms with van der Waals surface area (Å²) in [6.07, 6.45) is 1.79. The molecule has 7 rings (SSSR count). The molecule has 11 heteroatoms. The first-order valence-corrected chi connectivity index (χ1v) is 15.2. The van der Waals surface area contributed by atoms with Gasteiger partial charge in [0.2, 0.25) is 0 Å². The number of carbonyl (C=O) groups excluding carboxylic acids is 1. The molecular formula is C30H32N4O6S. The average molecular weight is 577 g/mol. The van der Waals surface area contributed by atoms with Crippen LogP contribution < -0.4 is 8.92 Å². The lowest BCUT2D eigenvalue weighted by molar-refractivity contribution is -0.143. The third kappa shape index (κ3) is 5.51. The molecule has 214 valence electrons. The molecule has 0 spiro atoms. The highest BCUT2D eigenvalue weighted by atomic mass is 32.2. The van der Waals surface area contributed by atoms with Crippen molar-refractivity contribution >= 4 is 27.3 Å². The number of benzene rings is 3. The highest BCUT2D eigenvalue weighted by molar-refractivity contribution is 7.84. The molecule has 3 aliphatic heterocycles. The summed E-state index contributed by atoms with van der Waals surface area (Å²) in [5, 5.41) is 8.91. The van der Waals surface area contributed by atoms with E-state index in [9.17, 15) is 13.2 Å². The molecule has 4 heterocycles. The lowest BCUT2D eigenvalue weighted by atomic mass is 9.85. The van der Waals surface area contributed by atoms with E-state index < -0.39 is 10.3 Å². The van der Waals surface area contributed by atoms with Gasteiger partial charge in [-0.25, -0.2) is 4.68 Å². The fourth-order valence-electron chi connectivity index (χ4n) is 5.61. The smallest absolute Gasteiger partial charge is 0.385 e. The van der Waals surface area contributed by atoms with Gasteiger partial charge in [0.25, 0.3) is 0 Å². The molecule has 9 bridgehead atoms. The van der Waals surface area contributed by atoms with Crippen LogP contribution >= 0.6 is 0 Å². The Balaban J connectivity index is 1.44. The van der Waals surface area contributed by atoms with Crippen molar-refractivity contribution in [2.75, 3.05) is 13.2 Å². The molecule has 0 saturated carbocycles. The summed E-state index contributed by atoms with van der Waals surface area (Å²) in [5.74, 6) is 0.359. The molecule has 2 atom stereocenters. The van der Waals surface area contributed by atoms with Crippen molar-refractivity contribution in [3.63, 3.8) is 0 Å². The minimum atomic E-state index is -4.00. The van der Waals surface area contributed by atoms with E-state index in [1.807, 2.05) is 54.1 Å². The summed E-state index contributed by atoms with van der Waals surface area (Å²) in [4.78, 5) is 12.8. The summed E-state index contributed by atoms with van der Waals surface area (Å²) >= 11 is 0. The molecule has 3 aromatic carbocycles. The van der Waals surface area contributed by atoms with Crippen LogP contribution in [0, 0.1) is 6.92 Å². The Bertz CT molecular complexity index is 1720. The van der Waals surface area contributed by atoms with E-state index in [4.69, 9.17) is 13.7 Å². The summed E-state index contributed by atoms with van der Waals surface area (Å²) in [5.41, 5.74) is 6.03. The van der Waals surface area contributed by atoms with Gasteiger partial charge in [0.05, 0.1) is 25.2 Å². The normalized spacial score (nSPS) is 20.0. The minimum Gasteiger partial charge on any atom is -0.494 e. The molecule has 0 amide bonds. The van der Waals surface area contributed by atoms with Gasteiger partial charge < -0.3 is 13.7 Å². The number of ether oxygens (including phenoxy) is 2. The number of hydrogen-bond donors (Lipinski definition) is 0. The van der Waals surface area contributed by atoms with Crippen LogP contribution in [-0.2, 0) is 39.5 Å². The number of aryl methyl sites for hydroxylation is 2. The first-order chi connectivity index (χ1) is 19.8. The second-order valence-electron chi connectivity index (χ2n) is 10.4. The Morgan fingerprint density at radius 1 is 1.10 bits per heavy atom. The summed E-state index contributed by atoms with van der Waals surface area (Å²) < 4.78 is 46.1. The van der Waals surface area contributed by atoms with E-state index in [0.717, 1.165) is 51.7 Å². The summed E-state index contributed by atoms with van der Waals surface area (Å²) in [7, 11) is -4.00. The topological polar surface area (TPSA) is 113 Å². The Morgan fingerprint density at radius 2 is 1.98 bits per heavy atom. The van der Waals surface area contributed by atoms with Crippen LogP contribution in [0.4, 0.5) is 0 Å². The zero-order valence-corrected chi connectivity index (χ0v) is 23.9. The zero-order chi connectivity index (χ0) is 28.6. The van der Waals surface area contributed by atoms with Crippen LogP contribution in [0.3, 0.4) is 0 Å². The van der Waals surface area contributed by atoms with Crippen molar-refractivity contribution in [1.82, 2.24) is 19.3 Å². The van der Waals surface area contributed by atoms with Crippen LogP contribution in [0.2, 0.25) is 0 Å². The first-order valence-electron chi connectivity index (χ1n) is 13.8. The molecule has 10 nitrogen and oxygen atoms in total. The van der Waals surface area contributed by atoms with Gasteiger partial charge >= 0.3 is 16.3 Å². The van der Waals surface area contributed by atoms with Gasteiger partial charge in [-0.1, -0.05) is 35.5 Å². The monoisotopic (exact) mass is 576 g/mol. The molecule has 2 unspecified atom stereocenters. The molecule has 3 aliphatic rings. The van der Waals surface area contributed by atoms with Crippen LogP contribution in [0.1, 0.15) is 59.9 Å². The van der Waals surface area contributed by atoms with Crippen LogP contribution in [-0.4, -0.2) is 46.9 Å². The van der Waals surface area contributed by atoms with Crippen molar-refractivity contribution in [1.29, 1.82) is 0 Å². The average Bonchev–Trinajstić information content (AvgIpc) is 3.36. The fraction of sp³-hybridized carbons (Fsp3) is 0.367. The van der Waals surface area contributed by atoms with Crippen molar-refractivity contribution in [3.8, 4) is 11.5 Å². The number of nitrogens with zero attached hydrogens (tertiary/aromatic N) is 4. The second kappa shape index (κ2) is 11.1. The lowest BCUT2D eigenvalue weighted by Gasteiger charge is -2.28. The maximum atomic E-state index is 13.0. The SMILES string of the molecule is CCOC(=O)CC1c2cccc(c2)CN2Cc3cc(ccc3OS2(=O)=O)OCCCCn2nnc3c(C)c1ccc32. The predicted octanol–water partition coefficient (Wildman–Crippen LogP) is 4.64. The molecule has 41 heavy (non-hydrogen) atoms. The predicted molar refractivity (Wildman–Crippen MR) is 152 cm³/mol. The van der Waals surface area contributed by atoms with Gasteiger partial charge in [-0.3, -0.25) is 4.79 Å². The summed E-state index contributed by atoms with van der Waals surface area (Å²) in [6.45, 7) is 5.56. The number of aromatic nitrogens is 3. The van der Waals surface area contributed by atoms with Crippen LogP contribution in [0.5, 0.6) is 11.5 Å². The van der Waals surface area contributed by atoms with E-state index >= 15 is 0 Å². The largest absolute Gasteiger partial charge is 0.494 e. The zero-order valence-electron chi connectivity index (χ0n) is 23.1. The molecule has 0 N–H and O–H groups in total. The molecule has 0 radical (unpaired) electrons. The van der Waals surface area contributed by atoms with E-state index in [2.05, 4.69) is 10.3 Å². The molecule has 0 fully saturated rings. The van der Waals surface area contributed by atoms with E-state index in [1.165, 1.54) is 4.31 Å². The molecule has 1 aromatic heterocycles.